The number of halogens is 2. The Morgan fingerprint density at radius 1 is 1.37 bits per heavy atom. The zero-order valence-electron chi connectivity index (χ0n) is 16.0. The first-order valence-electron chi connectivity index (χ1n) is 9.31. The number of benzene rings is 1. The zero-order valence-corrected chi connectivity index (χ0v) is 16.8. The summed E-state index contributed by atoms with van der Waals surface area (Å²) in [5.74, 6) is -1.71. The van der Waals surface area contributed by atoms with Crippen LogP contribution in [0.4, 0.5) is 25.0 Å². The van der Waals surface area contributed by atoms with E-state index in [0.29, 0.717) is 22.9 Å². The zero-order chi connectivity index (χ0) is 21.4. The molecule has 0 saturated carbocycles. The lowest BCUT2D eigenvalue weighted by Gasteiger charge is -2.17. The van der Waals surface area contributed by atoms with Gasteiger partial charge in [-0.05, 0) is 19.1 Å². The molecule has 1 aromatic rings. The van der Waals surface area contributed by atoms with Gasteiger partial charge < -0.3 is 25.8 Å². The predicted octanol–water partition coefficient (Wildman–Crippen LogP) is 2.70. The number of nitrogens with two attached hydrogens (primary N) is 1. The van der Waals surface area contributed by atoms with Gasteiger partial charge in [-0.2, -0.15) is 0 Å². The predicted molar refractivity (Wildman–Crippen MR) is 112 cm³/mol. The third-order valence-corrected chi connectivity index (χ3v) is 4.95. The first kappa shape index (κ1) is 20.3. The number of cyclic esters (lactones) is 1. The molecule has 0 bridgehead atoms. The van der Waals surface area contributed by atoms with Crippen LogP contribution in [0.5, 0.6) is 0 Å². The number of fused-ring (bicyclic) bond motifs is 1. The monoisotopic (exact) mass is 434 g/mol. The third kappa shape index (κ3) is 4.29. The molecule has 2 aliphatic heterocycles. The molecule has 1 aromatic carbocycles. The van der Waals surface area contributed by atoms with Crippen molar-refractivity contribution in [3.63, 3.8) is 0 Å². The summed E-state index contributed by atoms with van der Waals surface area (Å²) in [6.45, 7) is 2.18. The highest BCUT2D eigenvalue weighted by atomic mass is 32.1. The molecule has 10 heteroatoms. The summed E-state index contributed by atoms with van der Waals surface area (Å²) < 4.78 is 40.3. The number of nitrogens with zero attached hydrogens (tertiary/aromatic N) is 1. The Hall–Kier alpha value is -2.98. The van der Waals surface area contributed by atoms with E-state index in [-0.39, 0.29) is 30.1 Å². The second-order valence-corrected chi connectivity index (χ2v) is 7.75. The van der Waals surface area contributed by atoms with E-state index >= 15 is 0 Å². The molecule has 1 aliphatic carbocycles. The van der Waals surface area contributed by atoms with Crippen LogP contribution in [-0.2, 0) is 9.47 Å². The standard InChI is InChI=1S/C20H20F2N4O3S/c1-10(30)24-8-13-9-26(20(27)28-13)12-6-14(21)18(15(22)7-12)25-16-5-11(23)3-2-4-17-19(16)29-17/h2-7,13,17,19,25H,8-9,23H2,1H3,(H,24,30)/b4-2-,11-3+,16-5+/t13-,17?,19?/m0/s1. The third-order valence-electron chi connectivity index (χ3n) is 4.80. The number of amides is 1. The number of ether oxygens (including phenoxy) is 2. The molecular weight excluding hydrogens is 414 g/mol. The maximum absolute atomic E-state index is 14.8. The van der Waals surface area contributed by atoms with Gasteiger partial charge in [-0.25, -0.2) is 13.6 Å². The van der Waals surface area contributed by atoms with Crippen molar-refractivity contribution in [2.75, 3.05) is 23.3 Å². The molecule has 2 fully saturated rings. The van der Waals surface area contributed by atoms with Crippen LogP contribution in [0.1, 0.15) is 6.92 Å². The van der Waals surface area contributed by atoms with Crippen LogP contribution in [0, 0.1) is 11.6 Å². The van der Waals surface area contributed by atoms with Crippen molar-refractivity contribution in [2.24, 2.45) is 5.73 Å². The molecule has 3 aliphatic rings. The molecule has 2 unspecified atom stereocenters. The summed E-state index contributed by atoms with van der Waals surface area (Å²) >= 11 is 4.93. The minimum Gasteiger partial charge on any atom is -0.442 e. The molecule has 7 nitrogen and oxygen atoms in total. The van der Waals surface area contributed by atoms with Gasteiger partial charge in [0.25, 0.3) is 0 Å². The van der Waals surface area contributed by atoms with E-state index in [1.54, 1.807) is 25.2 Å². The number of hydrogen-bond acceptors (Lipinski definition) is 6. The number of carbonyl (C=O) groups is 1. The number of epoxide rings is 1. The number of rotatable bonds is 5. The maximum Gasteiger partial charge on any atom is 0.414 e. The summed E-state index contributed by atoms with van der Waals surface area (Å²) in [4.78, 5) is 13.9. The molecule has 0 aromatic heterocycles. The lowest BCUT2D eigenvalue weighted by Crippen LogP contribution is -2.32. The van der Waals surface area contributed by atoms with Crippen molar-refractivity contribution in [1.29, 1.82) is 0 Å². The Bertz CT molecular complexity index is 971. The van der Waals surface area contributed by atoms with Gasteiger partial charge in [0.1, 0.15) is 24.0 Å². The van der Waals surface area contributed by atoms with E-state index in [1.165, 1.54) is 4.90 Å². The molecule has 2 heterocycles. The van der Waals surface area contributed by atoms with Crippen molar-refractivity contribution >= 4 is 34.7 Å². The highest BCUT2D eigenvalue weighted by Crippen LogP contribution is 2.35. The van der Waals surface area contributed by atoms with Gasteiger partial charge in [0, 0.05) is 23.5 Å². The van der Waals surface area contributed by atoms with Crippen LogP contribution in [0.15, 0.2) is 47.8 Å². The number of nitrogens with one attached hydrogen (secondary N) is 2. The molecule has 1 amide bonds. The summed E-state index contributed by atoms with van der Waals surface area (Å²) in [6, 6.07) is 2.17. The molecule has 2 saturated heterocycles. The number of allylic oxidation sites excluding steroid dienone is 3. The first-order valence-corrected chi connectivity index (χ1v) is 9.72. The minimum absolute atomic E-state index is 0.0664. The average molecular weight is 434 g/mol. The van der Waals surface area contributed by atoms with E-state index in [9.17, 15) is 13.6 Å². The highest BCUT2D eigenvalue weighted by Gasteiger charge is 2.41. The molecule has 0 spiro atoms. The molecule has 0 radical (unpaired) electrons. The second kappa shape index (κ2) is 8.04. The fourth-order valence-electron chi connectivity index (χ4n) is 3.29. The van der Waals surface area contributed by atoms with Crippen molar-refractivity contribution in [1.82, 2.24) is 5.32 Å². The van der Waals surface area contributed by atoms with Crippen LogP contribution in [0.2, 0.25) is 0 Å². The maximum atomic E-state index is 14.8. The summed E-state index contributed by atoms with van der Waals surface area (Å²) in [7, 11) is 0. The van der Waals surface area contributed by atoms with E-state index < -0.39 is 23.8 Å². The molecule has 4 N–H and O–H groups in total. The van der Waals surface area contributed by atoms with Gasteiger partial charge in [-0.3, -0.25) is 4.90 Å². The van der Waals surface area contributed by atoms with Crippen molar-refractivity contribution in [3.8, 4) is 0 Å². The molecule has 4 rings (SSSR count). The van der Waals surface area contributed by atoms with Crippen molar-refractivity contribution < 1.29 is 23.0 Å². The topological polar surface area (TPSA) is 92.1 Å². The van der Waals surface area contributed by atoms with E-state index in [0.717, 1.165) is 12.1 Å². The van der Waals surface area contributed by atoms with Gasteiger partial charge in [0.15, 0.2) is 11.6 Å². The lowest BCUT2D eigenvalue weighted by molar-refractivity contribution is 0.143. The van der Waals surface area contributed by atoms with Crippen LogP contribution in [0.25, 0.3) is 0 Å². The lowest BCUT2D eigenvalue weighted by atomic mass is 10.1. The van der Waals surface area contributed by atoms with Gasteiger partial charge in [0.2, 0.25) is 0 Å². The Kier molecular flexibility index (Phi) is 5.44. The van der Waals surface area contributed by atoms with Crippen LogP contribution in [-0.4, -0.2) is 42.5 Å². The summed E-state index contributed by atoms with van der Waals surface area (Å²) in [5, 5.41) is 5.66. The molecule has 3 atom stereocenters. The molecule has 30 heavy (non-hydrogen) atoms. The average Bonchev–Trinajstić information content (AvgIpc) is 3.32. The Balaban J connectivity index is 1.52. The Morgan fingerprint density at radius 2 is 2.10 bits per heavy atom. The summed E-state index contributed by atoms with van der Waals surface area (Å²) in [6.07, 6.45) is 5.17. The SMILES string of the molecule is CC(=S)NC[C@H]1CN(c2cc(F)c(N/C3=C/C(N)=C\C=C/C4OC34)c(F)c2)C(=O)O1. The first-order chi connectivity index (χ1) is 14.3. The fraction of sp³-hybridized carbons (Fsp3) is 0.300. The van der Waals surface area contributed by atoms with E-state index in [2.05, 4.69) is 10.6 Å². The Morgan fingerprint density at radius 3 is 2.80 bits per heavy atom. The van der Waals surface area contributed by atoms with Crippen molar-refractivity contribution in [2.45, 2.75) is 25.2 Å². The number of carbonyl (C=O) groups excluding carboxylic acids is 1. The van der Waals surface area contributed by atoms with Gasteiger partial charge in [0.05, 0.1) is 23.8 Å². The van der Waals surface area contributed by atoms with E-state index in [4.69, 9.17) is 27.4 Å². The van der Waals surface area contributed by atoms with Crippen LogP contribution < -0.4 is 21.3 Å². The second-order valence-electron chi connectivity index (χ2n) is 7.14. The minimum atomic E-state index is -0.854. The van der Waals surface area contributed by atoms with E-state index in [1.807, 2.05) is 6.08 Å². The fourth-order valence-corrected chi connectivity index (χ4v) is 3.37. The number of thiocarbonyl (C=S) groups is 1. The van der Waals surface area contributed by atoms with Gasteiger partial charge in [-0.15, -0.1) is 0 Å². The Labute approximate surface area is 177 Å². The number of hydrogen-bond donors (Lipinski definition) is 3. The summed E-state index contributed by atoms with van der Waals surface area (Å²) in [5.41, 5.74) is 6.45. The van der Waals surface area contributed by atoms with Gasteiger partial charge in [-0.1, -0.05) is 24.4 Å². The quantitative estimate of drug-likeness (QED) is 0.485. The molecular formula is C20H20F2N4O3S. The highest BCUT2D eigenvalue weighted by molar-refractivity contribution is 7.80. The normalized spacial score (nSPS) is 29.4. The largest absolute Gasteiger partial charge is 0.442 e. The van der Waals surface area contributed by atoms with Crippen LogP contribution in [0.3, 0.4) is 0 Å². The smallest absolute Gasteiger partial charge is 0.414 e. The van der Waals surface area contributed by atoms with Crippen LogP contribution >= 0.6 is 12.2 Å². The van der Waals surface area contributed by atoms with Gasteiger partial charge >= 0.3 is 6.09 Å². The number of anilines is 2. The molecule has 158 valence electrons. The van der Waals surface area contributed by atoms with Crippen molar-refractivity contribution in [3.05, 3.63) is 59.5 Å².